The second kappa shape index (κ2) is 8.49. The second-order valence-electron chi connectivity index (χ2n) is 4.21. The zero-order valence-corrected chi connectivity index (χ0v) is 12.8. The number of hydrogen-bond donors (Lipinski definition) is 2. The second-order valence-corrected chi connectivity index (χ2v) is 4.61. The van der Waals surface area contributed by atoms with Crippen molar-refractivity contribution in [3.63, 3.8) is 0 Å². The standard InChI is InChI=1S/C14H19ClN2O4/c1-3-17(7-8-21-4-2)14(20)16-12-6-5-10(13(18)19)9-11(12)15/h5-6,9H,3-4,7-8H2,1-2H3,(H,16,20)(H,18,19). The molecular weight excluding hydrogens is 296 g/mol. The monoisotopic (exact) mass is 314 g/mol. The summed E-state index contributed by atoms with van der Waals surface area (Å²) in [6, 6.07) is 3.86. The topological polar surface area (TPSA) is 78.9 Å². The van der Waals surface area contributed by atoms with E-state index in [1.807, 2.05) is 13.8 Å². The number of carbonyl (C=O) groups is 2. The molecular formula is C14H19ClN2O4. The third-order valence-electron chi connectivity index (χ3n) is 2.84. The zero-order chi connectivity index (χ0) is 15.8. The highest BCUT2D eigenvalue weighted by atomic mass is 35.5. The number of benzene rings is 1. The van der Waals surface area contributed by atoms with Crippen LogP contribution < -0.4 is 5.32 Å². The summed E-state index contributed by atoms with van der Waals surface area (Å²) in [5, 5.41) is 11.7. The highest BCUT2D eigenvalue weighted by Gasteiger charge is 2.14. The predicted molar refractivity (Wildman–Crippen MR) is 81.2 cm³/mol. The minimum Gasteiger partial charge on any atom is -0.478 e. The molecule has 7 heteroatoms. The first-order valence-corrected chi connectivity index (χ1v) is 7.03. The summed E-state index contributed by atoms with van der Waals surface area (Å²) in [4.78, 5) is 24.5. The first kappa shape index (κ1) is 17.3. The van der Waals surface area contributed by atoms with Crippen LogP contribution in [0.25, 0.3) is 0 Å². The minimum absolute atomic E-state index is 0.0710. The summed E-state index contributed by atoms with van der Waals surface area (Å²) < 4.78 is 5.22. The van der Waals surface area contributed by atoms with Crippen LogP contribution in [0.3, 0.4) is 0 Å². The van der Waals surface area contributed by atoms with Crippen LogP contribution in [0.2, 0.25) is 5.02 Å². The molecule has 0 saturated carbocycles. The molecule has 0 unspecified atom stereocenters. The fourth-order valence-corrected chi connectivity index (χ4v) is 1.89. The maximum Gasteiger partial charge on any atom is 0.335 e. The van der Waals surface area contributed by atoms with Gasteiger partial charge in [0.05, 0.1) is 22.9 Å². The van der Waals surface area contributed by atoms with Gasteiger partial charge in [-0.05, 0) is 32.0 Å². The Hall–Kier alpha value is -1.79. The number of carboxylic acids is 1. The fourth-order valence-electron chi connectivity index (χ4n) is 1.67. The van der Waals surface area contributed by atoms with E-state index in [1.54, 1.807) is 4.90 Å². The summed E-state index contributed by atoms with van der Waals surface area (Å²) in [7, 11) is 0. The molecule has 6 nitrogen and oxygen atoms in total. The summed E-state index contributed by atoms with van der Waals surface area (Å²) in [5.41, 5.74) is 0.447. The molecule has 1 aromatic rings. The number of aromatic carboxylic acids is 1. The predicted octanol–water partition coefficient (Wildman–Crippen LogP) is 2.93. The van der Waals surface area contributed by atoms with Crippen molar-refractivity contribution in [1.82, 2.24) is 4.90 Å². The Bertz CT molecular complexity index is 508. The maximum absolute atomic E-state index is 12.1. The highest BCUT2D eigenvalue weighted by molar-refractivity contribution is 6.34. The lowest BCUT2D eigenvalue weighted by molar-refractivity contribution is 0.0697. The first-order valence-electron chi connectivity index (χ1n) is 6.66. The van der Waals surface area contributed by atoms with Gasteiger partial charge in [0.25, 0.3) is 0 Å². The number of nitrogens with one attached hydrogen (secondary N) is 1. The first-order chi connectivity index (χ1) is 9.99. The van der Waals surface area contributed by atoms with Crippen LogP contribution in [0.5, 0.6) is 0 Å². The molecule has 0 heterocycles. The number of likely N-dealkylation sites (N-methyl/N-ethyl adjacent to an activating group) is 1. The molecule has 0 aromatic heterocycles. The molecule has 1 rings (SSSR count). The Labute approximate surface area is 128 Å². The van der Waals surface area contributed by atoms with Crippen LogP contribution >= 0.6 is 11.6 Å². The van der Waals surface area contributed by atoms with Crippen molar-refractivity contribution >= 4 is 29.3 Å². The van der Waals surface area contributed by atoms with Crippen LogP contribution in [0.1, 0.15) is 24.2 Å². The highest BCUT2D eigenvalue weighted by Crippen LogP contribution is 2.23. The SMILES string of the molecule is CCOCCN(CC)C(=O)Nc1ccc(C(=O)O)cc1Cl. The number of anilines is 1. The van der Waals surface area contributed by atoms with Gasteiger partial charge < -0.3 is 20.1 Å². The van der Waals surface area contributed by atoms with Crippen molar-refractivity contribution < 1.29 is 19.4 Å². The molecule has 21 heavy (non-hydrogen) atoms. The van der Waals surface area contributed by atoms with Gasteiger partial charge >= 0.3 is 12.0 Å². The number of urea groups is 1. The number of carbonyl (C=O) groups excluding carboxylic acids is 1. The van der Waals surface area contributed by atoms with Gasteiger partial charge in [0, 0.05) is 19.7 Å². The minimum atomic E-state index is -1.07. The number of carboxylic acid groups (broad SMARTS) is 1. The fraction of sp³-hybridized carbons (Fsp3) is 0.429. The van der Waals surface area contributed by atoms with Crippen molar-refractivity contribution in [2.24, 2.45) is 0 Å². The molecule has 0 atom stereocenters. The Morgan fingerprint density at radius 1 is 1.38 bits per heavy atom. The average molecular weight is 315 g/mol. The lowest BCUT2D eigenvalue weighted by Crippen LogP contribution is -2.37. The molecule has 0 saturated heterocycles. The molecule has 0 fully saturated rings. The maximum atomic E-state index is 12.1. The molecule has 0 bridgehead atoms. The Morgan fingerprint density at radius 2 is 2.10 bits per heavy atom. The largest absolute Gasteiger partial charge is 0.478 e. The number of amides is 2. The van der Waals surface area contributed by atoms with E-state index in [0.717, 1.165) is 0 Å². The summed E-state index contributed by atoms with van der Waals surface area (Å²) >= 11 is 5.97. The zero-order valence-electron chi connectivity index (χ0n) is 12.1. The van der Waals surface area contributed by atoms with Gasteiger partial charge in [-0.1, -0.05) is 11.6 Å². The number of rotatable bonds is 7. The summed E-state index contributed by atoms with van der Waals surface area (Å²) in [6.45, 7) is 5.82. The van der Waals surface area contributed by atoms with Crippen molar-refractivity contribution in [3.8, 4) is 0 Å². The number of hydrogen-bond acceptors (Lipinski definition) is 3. The van der Waals surface area contributed by atoms with Gasteiger partial charge in [-0.3, -0.25) is 0 Å². The van der Waals surface area contributed by atoms with E-state index in [2.05, 4.69) is 5.32 Å². The van der Waals surface area contributed by atoms with E-state index >= 15 is 0 Å². The third kappa shape index (κ3) is 5.24. The number of nitrogens with zero attached hydrogens (tertiary/aromatic N) is 1. The number of halogens is 1. The van der Waals surface area contributed by atoms with E-state index in [0.29, 0.717) is 32.0 Å². The summed E-state index contributed by atoms with van der Waals surface area (Å²) in [5.74, 6) is -1.07. The molecule has 1 aromatic carbocycles. The van der Waals surface area contributed by atoms with Gasteiger partial charge in [0.2, 0.25) is 0 Å². The van der Waals surface area contributed by atoms with Gasteiger partial charge in [-0.25, -0.2) is 9.59 Å². The Morgan fingerprint density at radius 3 is 2.62 bits per heavy atom. The third-order valence-corrected chi connectivity index (χ3v) is 3.15. The van der Waals surface area contributed by atoms with Crippen molar-refractivity contribution in [3.05, 3.63) is 28.8 Å². The smallest absolute Gasteiger partial charge is 0.335 e. The van der Waals surface area contributed by atoms with Gasteiger partial charge in [-0.2, -0.15) is 0 Å². The molecule has 2 amide bonds. The molecule has 0 radical (unpaired) electrons. The number of ether oxygens (including phenoxy) is 1. The van der Waals surface area contributed by atoms with E-state index < -0.39 is 5.97 Å². The lowest BCUT2D eigenvalue weighted by Gasteiger charge is -2.21. The Kier molecular flexibility index (Phi) is 6.98. The van der Waals surface area contributed by atoms with E-state index in [9.17, 15) is 9.59 Å². The van der Waals surface area contributed by atoms with E-state index in [4.69, 9.17) is 21.4 Å². The molecule has 0 spiro atoms. The normalized spacial score (nSPS) is 10.2. The van der Waals surface area contributed by atoms with Gasteiger partial charge in [-0.15, -0.1) is 0 Å². The van der Waals surface area contributed by atoms with Crippen molar-refractivity contribution in [2.75, 3.05) is 31.6 Å². The van der Waals surface area contributed by atoms with Crippen LogP contribution in [0.15, 0.2) is 18.2 Å². The lowest BCUT2D eigenvalue weighted by atomic mass is 10.2. The molecule has 116 valence electrons. The van der Waals surface area contributed by atoms with Crippen molar-refractivity contribution in [1.29, 1.82) is 0 Å². The van der Waals surface area contributed by atoms with Crippen molar-refractivity contribution in [2.45, 2.75) is 13.8 Å². The summed E-state index contributed by atoms with van der Waals surface area (Å²) in [6.07, 6.45) is 0. The average Bonchev–Trinajstić information content (AvgIpc) is 2.45. The van der Waals surface area contributed by atoms with Crippen LogP contribution in [-0.2, 0) is 4.74 Å². The van der Waals surface area contributed by atoms with E-state index in [-0.39, 0.29) is 16.6 Å². The molecule has 0 aliphatic heterocycles. The van der Waals surface area contributed by atoms with Crippen LogP contribution in [-0.4, -0.2) is 48.3 Å². The van der Waals surface area contributed by atoms with Gasteiger partial charge in [0.15, 0.2) is 0 Å². The molecule has 0 aliphatic carbocycles. The quantitative estimate of drug-likeness (QED) is 0.758. The van der Waals surface area contributed by atoms with Gasteiger partial charge in [0.1, 0.15) is 0 Å². The van der Waals surface area contributed by atoms with Crippen LogP contribution in [0, 0.1) is 0 Å². The van der Waals surface area contributed by atoms with E-state index in [1.165, 1.54) is 18.2 Å². The Balaban J connectivity index is 2.70. The molecule has 2 N–H and O–H groups in total. The molecule has 0 aliphatic rings. The van der Waals surface area contributed by atoms with Crippen LogP contribution in [0.4, 0.5) is 10.5 Å².